The fourth-order valence-electron chi connectivity index (χ4n) is 2.76. The van der Waals surface area contributed by atoms with Gasteiger partial charge in [-0.25, -0.2) is 0 Å². The molecule has 1 saturated heterocycles. The summed E-state index contributed by atoms with van der Waals surface area (Å²) in [6.07, 6.45) is 1.90. The zero-order chi connectivity index (χ0) is 11.1. The Morgan fingerprint density at radius 1 is 1.33 bits per heavy atom. The molecule has 4 heteroatoms. The molecule has 0 radical (unpaired) electrons. The SMILES string of the molecule is CC1(C2(C(=O)O)CC(=O)C2)CCOCC1. The van der Waals surface area contributed by atoms with Crippen molar-refractivity contribution >= 4 is 11.8 Å². The minimum atomic E-state index is -0.813. The molecule has 0 aromatic heterocycles. The van der Waals surface area contributed by atoms with Crippen molar-refractivity contribution in [3.05, 3.63) is 0 Å². The molecule has 2 rings (SSSR count). The predicted molar refractivity (Wildman–Crippen MR) is 52.5 cm³/mol. The first-order chi connectivity index (χ1) is 7.00. The van der Waals surface area contributed by atoms with Gasteiger partial charge in [0.2, 0.25) is 0 Å². The summed E-state index contributed by atoms with van der Waals surface area (Å²) in [6, 6.07) is 0. The average Bonchev–Trinajstić information content (AvgIpc) is 2.13. The molecule has 84 valence electrons. The van der Waals surface area contributed by atoms with Crippen molar-refractivity contribution in [1.82, 2.24) is 0 Å². The topological polar surface area (TPSA) is 63.6 Å². The molecule has 1 heterocycles. The third kappa shape index (κ3) is 1.39. The summed E-state index contributed by atoms with van der Waals surface area (Å²) in [5.74, 6) is -0.739. The molecule has 0 aromatic rings. The second kappa shape index (κ2) is 3.30. The molecular weight excluding hydrogens is 196 g/mol. The van der Waals surface area contributed by atoms with Crippen LogP contribution in [0.25, 0.3) is 0 Å². The zero-order valence-corrected chi connectivity index (χ0v) is 8.91. The lowest BCUT2D eigenvalue weighted by atomic mass is 9.50. The summed E-state index contributed by atoms with van der Waals surface area (Å²) in [6.45, 7) is 3.20. The number of ketones is 1. The van der Waals surface area contributed by atoms with Gasteiger partial charge in [-0.05, 0) is 18.3 Å². The molecule has 2 fully saturated rings. The third-order valence-corrected chi connectivity index (χ3v) is 4.16. The van der Waals surface area contributed by atoms with Crippen molar-refractivity contribution < 1.29 is 19.4 Å². The molecule has 2 aliphatic rings. The van der Waals surface area contributed by atoms with Crippen LogP contribution in [0.15, 0.2) is 0 Å². The molecule has 1 saturated carbocycles. The molecule has 0 unspecified atom stereocenters. The maximum Gasteiger partial charge on any atom is 0.311 e. The highest BCUT2D eigenvalue weighted by molar-refractivity contribution is 5.97. The fourth-order valence-corrected chi connectivity index (χ4v) is 2.76. The van der Waals surface area contributed by atoms with Crippen LogP contribution in [0.5, 0.6) is 0 Å². The first-order valence-electron chi connectivity index (χ1n) is 5.33. The maximum absolute atomic E-state index is 11.4. The number of carboxylic acids is 1. The van der Waals surface area contributed by atoms with Gasteiger partial charge < -0.3 is 9.84 Å². The number of aliphatic carboxylic acids is 1. The molecule has 0 aromatic carbocycles. The first kappa shape index (κ1) is 10.6. The van der Waals surface area contributed by atoms with Crippen LogP contribution in [0.2, 0.25) is 0 Å². The molecule has 1 aliphatic heterocycles. The van der Waals surface area contributed by atoms with Crippen LogP contribution in [0.4, 0.5) is 0 Å². The zero-order valence-electron chi connectivity index (χ0n) is 8.91. The second-order valence-electron chi connectivity index (χ2n) is 4.95. The molecule has 0 spiro atoms. The van der Waals surface area contributed by atoms with Crippen LogP contribution < -0.4 is 0 Å². The molecular formula is C11H16O4. The second-order valence-corrected chi connectivity index (χ2v) is 4.95. The normalized spacial score (nSPS) is 28.2. The molecule has 4 nitrogen and oxygen atoms in total. The van der Waals surface area contributed by atoms with Crippen LogP contribution >= 0.6 is 0 Å². The Bertz CT molecular complexity index is 294. The fraction of sp³-hybridized carbons (Fsp3) is 0.818. The Hall–Kier alpha value is -0.900. The summed E-state index contributed by atoms with van der Waals surface area (Å²) in [7, 11) is 0. The lowest BCUT2D eigenvalue weighted by Gasteiger charge is -2.52. The van der Waals surface area contributed by atoms with E-state index in [-0.39, 0.29) is 24.0 Å². The van der Waals surface area contributed by atoms with Crippen molar-refractivity contribution in [3.8, 4) is 0 Å². The summed E-state index contributed by atoms with van der Waals surface area (Å²) in [4.78, 5) is 22.5. The van der Waals surface area contributed by atoms with E-state index >= 15 is 0 Å². The summed E-state index contributed by atoms with van der Waals surface area (Å²) in [5, 5.41) is 9.33. The molecule has 0 bridgehead atoms. The Labute approximate surface area is 88.6 Å². The summed E-state index contributed by atoms with van der Waals surface area (Å²) in [5.41, 5.74) is -1.08. The van der Waals surface area contributed by atoms with Crippen molar-refractivity contribution in [2.45, 2.75) is 32.6 Å². The number of hydrogen-bond acceptors (Lipinski definition) is 3. The molecule has 15 heavy (non-hydrogen) atoms. The Kier molecular flexibility index (Phi) is 2.34. The molecule has 1 aliphatic carbocycles. The van der Waals surface area contributed by atoms with Crippen molar-refractivity contribution in [3.63, 3.8) is 0 Å². The standard InChI is InChI=1S/C11H16O4/c1-10(2-4-15-5-3-10)11(9(13)14)6-8(12)7-11/h2-7H2,1H3,(H,13,14). The van der Waals surface area contributed by atoms with E-state index in [1.807, 2.05) is 6.92 Å². The Morgan fingerprint density at radius 3 is 2.27 bits per heavy atom. The van der Waals surface area contributed by atoms with E-state index in [9.17, 15) is 14.7 Å². The maximum atomic E-state index is 11.4. The molecule has 1 N–H and O–H groups in total. The van der Waals surface area contributed by atoms with Gasteiger partial charge in [0.25, 0.3) is 0 Å². The van der Waals surface area contributed by atoms with Crippen LogP contribution in [-0.2, 0) is 14.3 Å². The number of ether oxygens (including phenoxy) is 1. The largest absolute Gasteiger partial charge is 0.481 e. The van der Waals surface area contributed by atoms with Gasteiger partial charge in [0, 0.05) is 26.1 Å². The van der Waals surface area contributed by atoms with Crippen molar-refractivity contribution in [2.24, 2.45) is 10.8 Å². The van der Waals surface area contributed by atoms with Gasteiger partial charge in [-0.2, -0.15) is 0 Å². The number of hydrogen-bond donors (Lipinski definition) is 1. The van der Waals surface area contributed by atoms with Crippen LogP contribution in [0.3, 0.4) is 0 Å². The van der Waals surface area contributed by atoms with E-state index in [1.54, 1.807) is 0 Å². The predicted octanol–water partition coefficient (Wildman–Crippen LogP) is 1.24. The van der Waals surface area contributed by atoms with E-state index in [0.29, 0.717) is 13.2 Å². The minimum Gasteiger partial charge on any atom is -0.481 e. The van der Waals surface area contributed by atoms with Crippen LogP contribution in [0.1, 0.15) is 32.6 Å². The molecule has 0 atom stereocenters. The Balaban J connectivity index is 2.24. The van der Waals surface area contributed by atoms with E-state index in [0.717, 1.165) is 12.8 Å². The van der Waals surface area contributed by atoms with Crippen LogP contribution in [0, 0.1) is 10.8 Å². The van der Waals surface area contributed by atoms with E-state index in [2.05, 4.69) is 0 Å². The smallest absolute Gasteiger partial charge is 0.311 e. The number of carbonyl (C=O) groups excluding carboxylic acids is 1. The van der Waals surface area contributed by atoms with Gasteiger partial charge in [0.1, 0.15) is 5.78 Å². The lowest BCUT2D eigenvalue weighted by molar-refractivity contribution is -0.180. The van der Waals surface area contributed by atoms with E-state index in [4.69, 9.17) is 4.74 Å². The quantitative estimate of drug-likeness (QED) is 0.748. The number of rotatable bonds is 2. The van der Waals surface area contributed by atoms with E-state index in [1.165, 1.54) is 0 Å². The average molecular weight is 212 g/mol. The van der Waals surface area contributed by atoms with Gasteiger partial charge in [0.05, 0.1) is 5.41 Å². The van der Waals surface area contributed by atoms with Gasteiger partial charge in [-0.1, -0.05) is 6.92 Å². The first-order valence-corrected chi connectivity index (χ1v) is 5.33. The third-order valence-electron chi connectivity index (χ3n) is 4.16. The number of Topliss-reactive ketones (excluding diaryl/α,β-unsaturated/α-hetero) is 1. The van der Waals surface area contributed by atoms with Crippen molar-refractivity contribution in [1.29, 1.82) is 0 Å². The van der Waals surface area contributed by atoms with Gasteiger partial charge in [-0.15, -0.1) is 0 Å². The minimum absolute atomic E-state index is 0.0742. The summed E-state index contributed by atoms with van der Waals surface area (Å²) < 4.78 is 5.26. The highest BCUT2D eigenvalue weighted by Gasteiger charge is 2.61. The highest BCUT2D eigenvalue weighted by Crippen LogP contribution is 2.56. The highest BCUT2D eigenvalue weighted by atomic mass is 16.5. The molecule has 0 amide bonds. The van der Waals surface area contributed by atoms with Crippen LogP contribution in [-0.4, -0.2) is 30.1 Å². The number of carboxylic acid groups (broad SMARTS) is 1. The number of carbonyl (C=O) groups is 2. The van der Waals surface area contributed by atoms with E-state index < -0.39 is 11.4 Å². The van der Waals surface area contributed by atoms with Gasteiger partial charge in [-0.3, -0.25) is 9.59 Å². The monoisotopic (exact) mass is 212 g/mol. The lowest BCUT2D eigenvalue weighted by Crippen LogP contribution is -2.56. The summed E-state index contributed by atoms with van der Waals surface area (Å²) >= 11 is 0. The Morgan fingerprint density at radius 2 is 1.87 bits per heavy atom. The van der Waals surface area contributed by atoms with Gasteiger partial charge in [0.15, 0.2) is 0 Å². The van der Waals surface area contributed by atoms with Crippen molar-refractivity contribution in [2.75, 3.05) is 13.2 Å². The van der Waals surface area contributed by atoms with Gasteiger partial charge >= 0.3 is 5.97 Å².